The third-order valence-electron chi connectivity index (χ3n) is 4.10. The van der Waals surface area contributed by atoms with E-state index in [1.807, 2.05) is 42.5 Å². The quantitative estimate of drug-likeness (QED) is 0.575. The number of amides is 1. The number of thioether (sulfide) groups is 1. The first-order valence-corrected chi connectivity index (χ1v) is 9.99. The van der Waals surface area contributed by atoms with Crippen molar-refractivity contribution in [3.8, 4) is 17.1 Å². The Hall–Kier alpha value is -2.77. The van der Waals surface area contributed by atoms with Gasteiger partial charge in [0, 0.05) is 23.1 Å². The highest BCUT2D eigenvalue weighted by molar-refractivity contribution is 7.98. The van der Waals surface area contributed by atoms with E-state index in [0.717, 1.165) is 17.1 Å². The van der Waals surface area contributed by atoms with Gasteiger partial charge in [0.2, 0.25) is 0 Å². The smallest absolute Gasteiger partial charge is 0.273 e. The Kier molecular flexibility index (Phi) is 7.11. The van der Waals surface area contributed by atoms with Gasteiger partial charge in [0.05, 0.1) is 19.8 Å². The summed E-state index contributed by atoms with van der Waals surface area (Å²) in [5, 5.41) is 16.2. The van der Waals surface area contributed by atoms with E-state index in [4.69, 9.17) is 9.26 Å². The first-order valence-electron chi connectivity index (χ1n) is 8.84. The van der Waals surface area contributed by atoms with Gasteiger partial charge in [-0.25, -0.2) is 0 Å². The number of hydrogen-bond donors (Lipinski definition) is 2. The van der Waals surface area contributed by atoms with Crippen molar-refractivity contribution in [2.45, 2.75) is 11.8 Å². The zero-order chi connectivity index (χ0) is 19.8. The Balaban J connectivity index is 1.54. The van der Waals surface area contributed by atoms with E-state index in [2.05, 4.69) is 22.6 Å². The molecule has 1 heterocycles. The topological polar surface area (TPSA) is 84.6 Å². The number of rotatable bonds is 9. The molecular weight excluding hydrogens is 376 g/mol. The number of aromatic nitrogens is 1. The molecule has 3 rings (SSSR count). The average Bonchev–Trinajstić information content (AvgIpc) is 3.24. The van der Waals surface area contributed by atoms with Crippen LogP contribution >= 0.6 is 11.8 Å². The summed E-state index contributed by atoms with van der Waals surface area (Å²) < 4.78 is 10.4. The largest absolute Gasteiger partial charge is 0.497 e. The second kappa shape index (κ2) is 9.96. The van der Waals surface area contributed by atoms with Gasteiger partial charge in [-0.3, -0.25) is 4.79 Å². The lowest BCUT2D eigenvalue weighted by Crippen LogP contribution is -2.39. The third kappa shape index (κ3) is 5.37. The van der Waals surface area contributed by atoms with E-state index in [1.165, 1.54) is 5.56 Å². The maximum absolute atomic E-state index is 12.4. The maximum atomic E-state index is 12.4. The van der Waals surface area contributed by atoms with Gasteiger partial charge in [0.15, 0.2) is 11.5 Å². The molecule has 146 valence electrons. The lowest BCUT2D eigenvalue weighted by atomic mass is 10.1. The van der Waals surface area contributed by atoms with Crippen LogP contribution in [0.15, 0.2) is 65.2 Å². The first kappa shape index (κ1) is 20.0. The minimum absolute atomic E-state index is 0.142. The molecule has 7 heteroatoms. The number of aliphatic hydroxyl groups excluding tert-OH is 1. The van der Waals surface area contributed by atoms with E-state index in [1.54, 1.807) is 24.9 Å². The zero-order valence-corrected chi connectivity index (χ0v) is 16.3. The number of carbonyl (C=O) groups excluding carboxylic acids is 1. The third-order valence-corrected chi connectivity index (χ3v) is 5.28. The Labute approximate surface area is 167 Å². The fraction of sp³-hybridized carbons (Fsp3) is 0.238. The Morgan fingerprint density at radius 3 is 2.64 bits per heavy atom. The van der Waals surface area contributed by atoms with Gasteiger partial charge in [-0.1, -0.05) is 35.5 Å². The summed E-state index contributed by atoms with van der Waals surface area (Å²) in [5.74, 6) is 2.27. The molecule has 28 heavy (non-hydrogen) atoms. The van der Waals surface area contributed by atoms with Crippen molar-refractivity contribution in [1.82, 2.24) is 10.5 Å². The number of methoxy groups -OCH3 is 1. The minimum Gasteiger partial charge on any atom is -0.497 e. The van der Waals surface area contributed by atoms with E-state index < -0.39 is 0 Å². The van der Waals surface area contributed by atoms with Gasteiger partial charge in [0.25, 0.3) is 5.91 Å². The first-order chi connectivity index (χ1) is 13.7. The predicted octanol–water partition coefficient (Wildman–Crippen LogP) is 3.37. The van der Waals surface area contributed by atoms with Crippen LogP contribution in [0.1, 0.15) is 16.1 Å². The molecule has 0 saturated carbocycles. The molecule has 0 radical (unpaired) electrons. The summed E-state index contributed by atoms with van der Waals surface area (Å²) in [6.45, 7) is -0.142. The monoisotopic (exact) mass is 398 g/mol. The van der Waals surface area contributed by atoms with Crippen molar-refractivity contribution in [3.05, 3.63) is 71.9 Å². The molecule has 3 aromatic rings. The van der Waals surface area contributed by atoms with Crippen LogP contribution in [0.25, 0.3) is 11.3 Å². The summed E-state index contributed by atoms with van der Waals surface area (Å²) in [4.78, 5) is 12.4. The molecule has 6 nitrogen and oxygen atoms in total. The summed E-state index contributed by atoms with van der Waals surface area (Å²) >= 11 is 1.65. The van der Waals surface area contributed by atoms with Crippen molar-refractivity contribution in [2.24, 2.45) is 0 Å². The van der Waals surface area contributed by atoms with Crippen LogP contribution in [0.5, 0.6) is 5.75 Å². The molecule has 2 aromatic carbocycles. The number of aliphatic hydroxyl groups is 1. The lowest BCUT2D eigenvalue weighted by Gasteiger charge is -2.15. The number of nitrogens with one attached hydrogen (secondary N) is 1. The molecule has 0 fully saturated rings. The molecule has 0 spiro atoms. The predicted molar refractivity (Wildman–Crippen MR) is 109 cm³/mol. The van der Waals surface area contributed by atoms with Crippen molar-refractivity contribution < 1.29 is 19.2 Å². The average molecular weight is 398 g/mol. The highest BCUT2D eigenvalue weighted by Crippen LogP contribution is 2.23. The minimum atomic E-state index is -0.372. The standard InChI is InChI=1S/C21H22N2O4S/c1-26-18-9-7-16(8-10-18)20-11-19(23-27-20)21(25)22-17(12-24)14-28-13-15-5-3-2-4-6-15/h2-11,17,24H,12-14H2,1H3,(H,22,25)/t17-/m0/s1. The molecular formula is C21H22N2O4S. The highest BCUT2D eigenvalue weighted by Gasteiger charge is 2.17. The van der Waals surface area contributed by atoms with Crippen LogP contribution in [0.2, 0.25) is 0 Å². The van der Waals surface area contributed by atoms with Crippen molar-refractivity contribution in [2.75, 3.05) is 19.5 Å². The molecule has 1 amide bonds. The second-order valence-electron chi connectivity index (χ2n) is 6.16. The lowest BCUT2D eigenvalue weighted by molar-refractivity contribution is 0.0914. The van der Waals surface area contributed by atoms with Crippen molar-refractivity contribution in [1.29, 1.82) is 0 Å². The van der Waals surface area contributed by atoms with E-state index in [9.17, 15) is 9.90 Å². The molecule has 0 bridgehead atoms. The van der Waals surface area contributed by atoms with Crippen LogP contribution in [-0.2, 0) is 5.75 Å². The normalized spacial score (nSPS) is 11.8. The summed E-state index contributed by atoms with van der Waals surface area (Å²) in [6.07, 6.45) is 0. The van der Waals surface area contributed by atoms with Gasteiger partial charge >= 0.3 is 0 Å². The summed E-state index contributed by atoms with van der Waals surface area (Å²) in [5.41, 5.74) is 2.18. The van der Waals surface area contributed by atoms with Gasteiger partial charge in [-0.15, -0.1) is 0 Å². The van der Waals surface area contributed by atoms with Gasteiger partial charge in [0.1, 0.15) is 5.75 Å². The molecule has 0 saturated heterocycles. The Bertz CT molecular complexity index is 881. The molecule has 2 N–H and O–H groups in total. The number of nitrogens with zero attached hydrogens (tertiary/aromatic N) is 1. The summed E-state index contributed by atoms with van der Waals surface area (Å²) in [6, 6.07) is 18.6. The molecule has 1 atom stereocenters. The maximum Gasteiger partial charge on any atom is 0.273 e. The number of hydrogen-bond acceptors (Lipinski definition) is 6. The molecule has 0 aliphatic carbocycles. The fourth-order valence-corrected chi connectivity index (χ4v) is 3.59. The van der Waals surface area contributed by atoms with Crippen LogP contribution in [0, 0.1) is 0 Å². The fourth-order valence-electron chi connectivity index (χ4n) is 2.57. The van der Waals surface area contributed by atoms with Crippen molar-refractivity contribution in [3.63, 3.8) is 0 Å². The SMILES string of the molecule is COc1ccc(-c2cc(C(=O)N[C@@H](CO)CSCc3ccccc3)no2)cc1. The van der Waals surface area contributed by atoms with Crippen LogP contribution in [-0.4, -0.2) is 41.7 Å². The zero-order valence-electron chi connectivity index (χ0n) is 15.5. The Morgan fingerprint density at radius 2 is 1.96 bits per heavy atom. The van der Waals surface area contributed by atoms with E-state index >= 15 is 0 Å². The van der Waals surface area contributed by atoms with Crippen molar-refractivity contribution >= 4 is 17.7 Å². The molecule has 1 aromatic heterocycles. The molecule has 0 unspecified atom stereocenters. The molecule has 0 aliphatic heterocycles. The van der Waals surface area contributed by atoms with Gasteiger partial charge < -0.3 is 19.7 Å². The number of ether oxygens (including phenoxy) is 1. The Morgan fingerprint density at radius 1 is 1.21 bits per heavy atom. The number of carbonyl (C=O) groups is 1. The number of benzene rings is 2. The second-order valence-corrected chi connectivity index (χ2v) is 7.19. The van der Waals surface area contributed by atoms with E-state index in [0.29, 0.717) is 11.5 Å². The van der Waals surface area contributed by atoms with Crippen LogP contribution in [0.3, 0.4) is 0 Å². The van der Waals surface area contributed by atoms with Crippen LogP contribution in [0.4, 0.5) is 0 Å². The van der Waals surface area contributed by atoms with Crippen LogP contribution < -0.4 is 10.1 Å². The van der Waals surface area contributed by atoms with Gasteiger partial charge in [-0.2, -0.15) is 11.8 Å². The molecule has 0 aliphatic rings. The van der Waals surface area contributed by atoms with E-state index in [-0.39, 0.29) is 24.2 Å². The highest BCUT2D eigenvalue weighted by atomic mass is 32.2. The summed E-state index contributed by atoms with van der Waals surface area (Å²) in [7, 11) is 1.60. The van der Waals surface area contributed by atoms with Gasteiger partial charge in [-0.05, 0) is 29.8 Å².